The number of aromatic carboxylic acids is 1. The Kier molecular flexibility index (Phi) is 5.75. The number of pyridine rings is 1. The number of nitrogens with one attached hydrogen (secondary N) is 1. The number of carbonyl (C=O) groups is 1. The molecule has 0 amide bonds. The van der Waals surface area contributed by atoms with Crippen molar-refractivity contribution in [2.75, 3.05) is 5.32 Å². The van der Waals surface area contributed by atoms with Gasteiger partial charge in [0, 0.05) is 30.1 Å². The monoisotopic (exact) mass is 514 g/mol. The van der Waals surface area contributed by atoms with E-state index in [0.29, 0.717) is 27.2 Å². The SMILES string of the molecule is O=C(O)c1ccnc(I)c1NCc1cn(-c2ccccc2)nc1-c1cccc(F)c1. The van der Waals surface area contributed by atoms with E-state index in [-0.39, 0.29) is 11.4 Å². The summed E-state index contributed by atoms with van der Waals surface area (Å²) < 4.78 is 16.1. The van der Waals surface area contributed by atoms with Gasteiger partial charge in [-0.1, -0.05) is 30.3 Å². The van der Waals surface area contributed by atoms with Crippen LogP contribution in [0.3, 0.4) is 0 Å². The Bertz CT molecular complexity index is 1210. The number of para-hydroxylation sites is 1. The Morgan fingerprint density at radius 3 is 2.67 bits per heavy atom. The van der Waals surface area contributed by atoms with Crippen molar-refractivity contribution in [3.05, 3.63) is 93.7 Å². The van der Waals surface area contributed by atoms with Gasteiger partial charge in [-0.2, -0.15) is 5.10 Å². The summed E-state index contributed by atoms with van der Waals surface area (Å²) in [6.07, 6.45) is 3.31. The van der Waals surface area contributed by atoms with Crippen LogP contribution in [0.5, 0.6) is 0 Å². The van der Waals surface area contributed by atoms with E-state index in [0.717, 1.165) is 11.3 Å². The van der Waals surface area contributed by atoms with Crippen LogP contribution in [0.1, 0.15) is 15.9 Å². The Hall–Kier alpha value is -3.27. The molecule has 2 heterocycles. The summed E-state index contributed by atoms with van der Waals surface area (Å²) in [4.78, 5) is 15.7. The molecule has 0 atom stereocenters. The van der Waals surface area contributed by atoms with Gasteiger partial charge in [0.05, 0.1) is 22.6 Å². The number of benzene rings is 2. The van der Waals surface area contributed by atoms with E-state index in [4.69, 9.17) is 0 Å². The Labute approximate surface area is 185 Å². The van der Waals surface area contributed by atoms with Crippen molar-refractivity contribution in [3.8, 4) is 16.9 Å². The number of carboxylic acid groups (broad SMARTS) is 1. The van der Waals surface area contributed by atoms with E-state index in [9.17, 15) is 14.3 Å². The second-order valence-electron chi connectivity index (χ2n) is 6.48. The van der Waals surface area contributed by atoms with Gasteiger partial charge in [0.1, 0.15) is 9.52 Å². The number of carboxylic acids is 1. The Morgan fingerprint density at radius 1 is 1.13 bits per heavy atom. The predicted octanol–water partition coefficient (Wildman–Crippen LogP) is 4.99. The molecule has 2 aromatic carbocycles. The minimum absolute atomic E-state index is 0.136. The molecule has 0 unspecified atom stereocenters. The van der Waals surface area contributed by atoms with Crippen molar-refractivity contribution in [1.29, 1.82) is 0 Å². The first-order valence-electron chi connectivity index (χ1n) is 9.04. The zero-order valence-corrected chi connectivity index (χ0v) is 17.7. The minimum atomic E-state index is -1.04. The van der Waals surface area contributed by atoms with Crippen LogP contribution in [-0.2, 0) is 6.54 Å². The highest BCUT2D eigenvalue weighted by Gasteiger charge is 2.17. The van der Waals surface area contributed by atoms with Crippen molar-refractivity contribution >= 4 is 34.2 Å². The van der Waals surface area contributed by atoms with Crippen molar-refractivity contribution < 1.29 is 14.3 Å². The zero-order chi connectivity index (χ0) is 21.1. The second kappa shape index (κ2) is 8.62. The third kappa shape index (κ3) is 4.18. The van der Waals surface area contributed by atoms with Gasteiger partial charge in [-0.25, -0.2) is 18.9 Å². The number of aromatic nitrogens is 3. The molecule has 0 radical (unpaired) electrons. The first-order valence-corrected chi connectivity index (χ1v) is 10.1. The van der Waals surface area contributed by atoms with Gasteiger partial charge in [0.15, 0.2) is 0 Å². The highest BCUT2D eigenvalue weighted by molar-refractivity contribution is 14.1. The average molecular weight is 514 g/mol. The molecule has 150 valence electrons. The van der Waals surface area contributed by atoms with Crippen LogP contribution in [0.15, 0.2) is 73.1 Å². The van der Waals surface area contributed by atoms with Crippen LogP contribution in [0.25, 0.3) is 16.9 Å². The van der Waals surface area contributed by atoms with E-state index in [1.807, 2.05) is 59.1 Å². The maximum Gasteiger partial charge on any atom is 0.337 e. The van der Waals surface area contributed by atoms with Gasteiger partial charge in [-0.05, 0) is 52.9 Å². The average Bonchev–Trinajstić information content (AvgIpc) is 3.17. The fourth-order valence-electron chi connectivity index (χ4n) is 3.10. The molecule has 0 saturated heterocycles. The normalized spacial score (nSPS) is 10.7. The molecule has 2 aromatic heterocycles. The number of hydrogen-bond acceptors (Lipinski definition) is 4. The van der Waals surface area contributed by atoms with Crippen molar-refractivity contribution in [2.45, 2.75) is 6.54 Å². The summed E-state index contributed by atoms with van der Waals surface area (Å²) in [5.74, 6) is -1.39. The molecule has 0 saturated carbocycles. The Morgan fingerprint density at radius 2 is 1.93 bits per heavy atom. The van der Waals surface area contributed by atoms with E-state index < -0.39 is 5.97 Å². The molecule has 8 heteroatoms. The van der Waals surface area contributed by atoms with Crippen LogP contribution >= 0.6 is 22.6 Å². The molecule has 2 N–H and O–H groups in total. The fraction of sp³-hybridized carbons (Fsp3) is 0.0455. The number of nitrogens with zero attached hydrogens (tertiary/aromatic N) is 3. The highest BCUT2D eigenvalue weighted by atomic mass is 127. The summed E-state index contributed by atoms with van der Waals surface area (Å²) in [6.45, 7) is 0.292. The van der Waals surface area contributed by atoms with E-state index >= 15 is 0 Å². The quantitative estimate of drug-likeness (QED) is 0.280. The van der Waals surface area contributed by atoms with Crippen LogP contribution in [0, 0.1) is 9.52 Å². The predicted molar refractivity (Wildman–Crippen MR) is 120 cm³/mol. The lowest BCUT2D eigenvalue weighted by atomic mass is 10.1. The summed E-state index contributed by atoms with van der Waals surface area (Å²) in [6, 6.07) is 17.3. The lowest BCUT2D eigenvalue weighted by Crippen LogP contribution is -2.09. The molecular weight excluding hydrogens is 498 g/mol. The third-order valence-corrected chi connectivity index (χ3v) is 5.32. The first kappa shape index (κ1) is 20.0. The third-order valence-electron chi connectivity index (χ3n) is 4.50. The molecule has 4 rings (SSSR count). The number of anilines is 1. The van der Waals surface area contributed by atoms with Gasteiger partial charge in [0.2, 0.25) is 0 Å². The molecule has 6 nitrogen and oxygen atoms in total. The minimum Gasteiger partial charge on any atom is -0.478 e. The summed E-state index contributed by atoms with van der Waals surface area (Å²) in [5, 5.41) is 17.3. The molecule has 0 fully saturated rings. The van der Waals surface area contributed by atoms with Crippen molar-refractivity contribution in [3.63, 3.8) is 0 Å². The van der Waals surface area contributed by atoms with Gasteiger partial charge in [-0.3, -0.25) is 0 Å². The number of halogens is 2. The molecule has 0 aliphatic heterocycles. The molecule has 4 aromatic rings. The van der Waals surface area contributed by atoms with Gasteiger partial charge >= 0.3 is 5.97 Å². The van der Waals surface area contributed by atoms with Crippen molar-refractivity contribution in [2.24, 2.45) is 0 Å². The van der Waals surface area contributed by atoms with Gasteiger partial charge < -0.3 is 10.4 Å². The smallest absolute Gasteiger partial charge is 0.337 e. The molecule has 0 aliphatic carbocycles. The number of hydrogen-bond donors (Lipinski definition) is 2. The van der Waals surface area contributed by atoms with Crippen LogP contribution in [0.4, 0.5) is 10.1 Å². The highest BCUT2D eigenvalue weighted by Crippen LogP contribution is 2.27. The molecule has 0 aliphatic rings. The zero-order valence-electron chi connectivity index (χ0n) is 15.6. The lowest BCUT2D eigenvalue weighted by Gasteiger charge is -2.11. The summed E-state index contributed by atoms with van der Waals surface area (Å²) >= 11 is 1.99. The fourth-order valence-corrected chi connectivity index (χ4v) is 3.74. The van der Waals surface area contributed by atoms with Crippen LogP contribution < -0.4 is 5.32 Å². The van der Waals surface area contributed by atoms with Crippen LogP contribution in [0.2, 0.25) is 0 Å². The van der Waals surface area contributed by atoms with Gasteiger partial charge in [-0.15, -0.1) is 0 Å². The molecular formula is C22H16FIN4O2. The summed E-state index contributed by atoms with van der Waals surface area (Å²) in [7, 11) is 0. The summed E-state index contributed by atoms with van der Waals surface area (Å²) in [5.41, 5.74) is 3.48. The van der Waals surface area contributed by atoms with E-state index in [1.54, 1.807) is 16.8 Å². The van der Waals surface area contributed by atoms with E-state index in [1.165, 1.54) is 24.4 Å². The lowest BCUT2D eigenvalue weighted by molar-refractivity contribution is 0.0697. The number of rotatable bonds is 6. The second-order valence-corrected chi connectivity index (χ2v) is 7.50. The Balaban J connectivity index is 1.74. The topological polar surface area (TPSA) is 80.0 Å². The molecule has 0 bridgehead atoms. The standard InChI is InChI=1S/C22H16FIN4O2/c23-16-6-4-5-14(11-16)19-15(13-28(27-19)17-7-2-1-3-8-17)12-26-20-18(22(29)30)9-10-25-21(20)24/h1-11,13,26H,12H2,(H,29,30). The molecule has 0 spiro atoms. The maximum atomic E-state index is 13.8. The largest absolute Gasteiger partial charge is 0.478 e. The first-order chi connectivity index (χ1) is 14.5. The van der Waals surface area contributed by atoms with Crippen molar-refractivity contribution in [1.82, 2.24) is 14.8 Å². The van der Waals surface area contributed by atoms with Gasteiger partial charge in [0.25, 0.3) is 0 Å². The maximum absolute atomic E-state index is 13.8. The van der Waals surface area contributed by atoms with Crippen LogP contribution in [-0.4, -0.2) is 25.8 Å². The van der Waals surface area contributed by atoms with E-state index in [2.05, 4.69) is 15.4 Å². The molecule has 30 heavy (non-hydrogen) atoms.